The van der Waals surface area contributed by atoms with Gasteiger partial charge in [-0.3, -0.25) is 4.79 Å². The Morgan fingerprint density at radius 2 is 1.73 bits per heavy atom. The minimum absolute atomic E-state index is 0.0245. The molecule has 2 aliphatic rings. The Hall–Kier alpha value is -2.89. The number of hydrogen-bond acceptors (Lipinski definition) is 10. The number of carbonyl (C=O) groups is 1. The molecule has 178 valence electrons. The molecule has 33 heavy (non-hydrogen) atoms. The molecule has 2 heterocycles. The molecule has 0 unspecified atom stereocenters. The average molecular weight is 462 g/mol. The lowest BCUT2D eigenvalue weighted by atomic mass is 9.94. The number of benzene rings is 2. The Morgan fingerprint density at radius 1 is 1.00 bits per heavy atom. The number of carbonyl (C=O) groups excluding carboxylic acids is 1. The van der Waals surface area contributed by atoms with Crippen molar-refractivity contribution in [2.45, 2.75) is 43.2 Å². The molecule has 0 spiro atoms. The molecule has 4 rings (SSSR count). The summed E-state index contributed by atoms with van der Waals surface area (Å²) in [6.07, 6.45) is -8.01. The summed E-state index contributed by atoms with van der Waals surface area (Å²) in [4.78, 5) is 13.2. The van der Waals surface area contributed by atoms with Crippen molar-refractivity contribution in [3.8, 4) is 23.0 Å². The van der Waals surface area contributed by atoms with Crippen LogP contribution in [0.4, 0.5) is 0 Å². The molecular formula is C23H26O10. The number of ketones is 1. The molecule has 1 saturated heterocycles. The van der Waals surface area contributed by atoms with E-state index in [4.69, 9.17) is 23.7 Å². The topological polar surface area (TPSA) is 144 Å². The summed E-state index contributed by atoms with van der Waals surface area (Å²) < 4.78 is 28.2. The normalized spacial score (nSPS) is 29.1. The Labute approximate surface area is 189 Å². The average Bonchev–Trinajstić information content (AvgIpc) is 2.84. The number of fused-ring (bicyclic) bond motifs is 1. The molecule has 4 N–H and O–H groups in total. The number of hydrogen-bond donors (Lipinski definition) is 4. The zero-order valence-corrected chi connectivity index (χ0v) is 18.1. The molecule has 0 saturated carbocycles. The molecule has 0 radical (unpaired) electrons. The van der Waals surface area contributed by atoms with E-state index in [2.05, 4.69) is 0 Å². The molecule has 0 bridgehead atoms. The lowest BCUT2D eigenvalue weighted by Gasteiger charge is -2.40. The maximum absolute atomic E-state index is 13.2. The molecule has 1 fully saturated rings. The lowest BCUT2D eigenvalue weighted by Crippen LogP contribution is -2.60. The first-order valence-electron chi connectivity index (χ1n) is 10.4. The fourth-order valence-corrected chi connectivity index (χ4v) is 4.01. The van der Waals surface area contributed by atoms with E-state index in [0.29, 0.717) is 0 Å². The van der Waals surface area contributed by atoms with Gasteiger partial charge in [-0.15, -0.1) is 0 Å². The van der Waals surface area contributed by atoms with Crippen LogP contribution in [-0.4, -0.2) is 77.7 Å². The quantitative estimate of drug-likeness (QED) is 0.481. The van der Waals surface area contributed by atoms with Crippen molar-refractivity contribution in [1.82, 2.24) is 0 Å². The highest BCUT2D eigenvalue weighted by atomic mass is 16.7. The zero-order valence-electron chi connectivity index (χ0n) is 18.1. The van der Waals surface area contributed by atoms with Crippen LogP contribution in [0.1, 0.15) is 28.4 Å². The number of methoxy groups -OCH3 is 2. The van der Waals surface area contributed by atoms with Gasteiger partial charge < -0.3 is 44.1 Å². The molecule has 0 aliphatic carbocycles. The molecule has 6 atom stereocenters. The van der Waals surface area contributed by atoms with Gasteiger partial charge in [0, 0.05) is 6.07 Å². The number of aliphatic hydroxyl groups excluding tert-OH is 4. The highest BCUT2D eigenvalue weighted by molar-refractivity contribution is 6.04. The first-order valence-corrected chi connectivity index (χ1v) is 10.4. The molecular weight excluding hydrogens is 436 g/mol. The SMILES string of the molecule is COc1cc(O[C@H]2O[C@@H](CO)[C@H](O)[C@H](O)[C@@H]2O)c2c(c1OC)O[C@H](c1ccccc1)CC2=O. The minimum atomic E-state index is -1.65. The summed E-state index contributed by atoms with van der Waals surface area (Å²) in [5.74, 6) is 0.190. The van der Waals surface area contributed by atoms with Gasteiger partial charge in [0.1, 0.15) is 41.8 Å². The van der Waals surface area contributed by atoms with Gasteiger partial charge in [0.25, 0.3) is 0 Å². The third-order valence-corrected chi connectivity index (χ3v) is 5.76. The van der Waals surface area contributed by atoms with Crippen molar-refractivity contribution < 1.29 is 48.9 Å². The van der Waals surface area contributed by atoms with Crippen LogP contribution in [0.2, 0.25) is 0 Å². The molecule has 10 heteroatoms. The van der Waals surface area contributed by atoms with Crippen LogP contribution in [-0.2, 0) is 4.74 Å². The summed E-state index contributed by atoms with van der Waals surface area (Å²) in [5.41, 5.74) is 0.870. The second-order valence-electron chi connectivity index (χ2n) is 7.77. The summed E-state index contributed by atoms with van der Waals surface area (Å²) in [7, 11) is 2.82. The van der Waals surface area contributed by atoms with Crippen LogP contribution >= 0.6 is 0 Å². The van der Waals surface area contributed by atoms with Crippen LogP contribution < -0.4 is 18.9 Å². The fourth-order valence-electron chi connectivity index (χ4n) is 4.01. The minimum Gasteiger partial charge on any atom is -0.493 e. The van der Waals surface area contributed by atoms with Crippen molar-refractivity contribution in [2.75, 3.05) is 20.8 Å². The molecule has 0 aromatic heterocycles. The number of aliphatic hydroxyl groups is 4. The molecule has 2 aromatic rings. The Morgan fingerprint density at radius 3 is 2.36 bits per heavy atom. The predicted octanol–water partition coefficient (Wildman–Crippen LogP) is 0.589. The van der Waals surface area contributed by atoms with E-state index in [1.807, 2.05) is 30.3 Å². The first-order chi connectivity index (χ1) is 15.9. The van der Waals surface area contributed by atoms with Crippen molar-refractivity contribution in [2.24, 2.45) is 0 Å². The van der Waals surface area contributed by atoms with Crippen molar-refractivity contribution in [3.63, 3.8) is 0 Å². The van der Waals surface area contributed by atoms with Crippen molar-refractivity contribution in [1.29, 1.82) is 0 Å². The van der Waals surface area contributed by atoms with Crippen LogP contribution in [0.25, 0.3) is 0 Å². The molecule has 2 aromatic carbocycles. The standard InChI is InChI=1S/C23H26O10/c1-29-15-9-14(32-23-20(28)19(27)18(26)16(10-24)33-23)17-12(25)8-13(11-6-4-3-5-7-11)31-22(17)21(15)30-2/h3-7,9,13,16,18-20,23-24,26-28H,8,10H2,1-2H3/t13-,16-,18-,19-,20-,23-/m0/s1. The lowest BCUT2D eigenvalue weighted by molar-refractivity contribution is -0.277. The highest BCUT2D eigenvalue weighted by Crippen LogP contribution is 2.50. The smallest absolute Gasteiger partial charge is 0.229 e. The van der Waals surface area contributed by atoms with Gasteiger partial charge in [0.15, 0.2) is 17.3 Å². The van der Waals surface area contributed by atoms with E-state index < -0.39 is 43.4 Å². The molecule has 2 aliphatic heterocycles. The second kappa shape index (κ2) is 9.54. The van der Waals surface area contributed by atoms with Gasteiger partial charge in [0.2, 0.25) is 12.0 Å². The van der Waals surface area contributed by atoms with Gasteiger partial charge in [-0.25, -0.2) is 0 Å². The second-order valence-corrected chi connectivity index (χ2v) is 7.77. The van der Waals surface area contributed by atoms with Crippen LogP contribution in [0, 0.1) is 0 Å². The van der Waals surface area contributed by atoms with Gasteiger partial charge in [-0.1, -0.05) is 30.3 Å². The molecule has 10 nitrogen and oxygen atoms in total. The number of Topliss-reactive ketones (excluding diaryl/α,β-unsaturated/α-hetero) is 1. The van der Waals surface area contributed by atoms with E-state index in [9.17, 15) is 25.2 Å². The van der Waals surface area contributed by atoms with E-state index in [1.165, 1.54) is 20.3 Å². The maximum atomic E-state index is 13.2. The summed E-state index contributed by atoms with van der Waals surface area (Å²) in [5, 5.41) is 39.9. The van der Waals surface area contributed by atoms with Gasteiger partial charge >= 0.3 is 0 Å². The van der Waals surface area contributed by atoms with Crippen molar-refractivity contribution in [3.05, 3.63) is 47.5 Å². The number of rotatable bonds is 6. The Kier molecular flexibility index (Phi) is 6.73. The van der Waals surface area contributed by atoms with Crippen LogP contribution in [0.15, 0.2) is 36.4 Å². The third kappa shape index (κ3) is 4.23. The number of ether oxygens (including phenoxy) is 5. The van der Waals surface area contributed by atoms with Gasteiger partial charge in [-0.2, -0.15) is 0 Å². The molecule has 0 amide bonds. The monoisotopic (exact) mass is 462 g/mol. The van der Waals surface area contributed by atoms with Gasteiger partial charge in [-0.05, 0) is 5.56 Å². The summed E-state index contributed by atoms with van der Waals surface area (Å²) >= 11 is 0. The largest absolute Gasteiger partial charge is 0.493 e. The first kappa shape index (κ1) is 23.3. The maximum Gasteiger partial charge on any atom is 0.229 e. The summed E-state index contributed by atoms with van der Waals surface area (Å²) in [6.45, 7) is -0.615. The van der Waals surface area contributed by atoms with Crippen LogP contribution in [0.5, 0.6) is 23.0 Å². The fraction of sp³-hybridized carbons (Fsp3) is 0.435. The Bertz CT molecular complexity index is 992. The highest BCUT2D eigenvalue weighted by Gasteiger charge is 2.46. The summed E-state index contributed by atoms with van der Waals surface area (Å²) in [6, 6.07) is 10.6. The van der Waals surface area contributed by atoms with Crippen LogP contribution in [0.3, 0.4) is 0 Å². The third-order valence-electron chi connectivity index (χ3n) is 5.76. The predicted molar refractivity (Wildman–Crippen MR) is 113 cm³/mol. The van der Waals surface area contributed by atoms with Crippen molar-refractivity contribution >= 4 is 5.78 Å². The Balaban J connectivity index is 1.74. The zero-order chi connectivity index (χ0) is 23.7. The van der Waals surface area contributed by atoms with Gasteiger partial charge in [0.05, 0.1) is 27.2 Å². The van der Waals surface area contributed by atoms with E-state index in [-0.39, 0.29) is 40.8 Å². The van der Waals surface area contributed by atoms with E-state index in [1.54, 1.807) is 0 Å². The van der Waals surface area contributed by atoms with E-state index >= 15 is 0 Å². The van der Waals surface area contributed by atoms with E-state index in [0.717, 1.165) is 5.56 Å².